The van der Waals surface area contributed by atoms with Gasteiger partial charge in [0, 0.05) is 23.0 Å². The summed E-state index contributed by atoms with van der Waals surface area (Å²) in [6.07, 6.45) is 0. The first-order valence-corrected chi connectivity index (χ1v) is 5.48. The number of nitrogens with two attached hydrogens (primary N) is 2. The third-order valence-corrected chi connectivity index (χ3v) is 2.76. The SMILES string of the molecule is Nc1ccc(N)c(-c2ccc([N+](=O)[O-])cc2[N+](=O)[O-])c1. The normalized spacial score (nSPS) is 10.2. The Morgan fingerprint density at radius 1 is 0.850 bits per heavy atom. The Morgan fingerprint density at radius 3 is 2.15 bits per heavy atom. The molecule has 0 saturated heterocycles. The lowest BCUT2D eigenvalue weighted by Gasteiger charge is -2.07. The molecule has 4 N–H and O–H groups in total. The lowest BCUT2D eigenvalue weighted by atomic mass is 10.0. The number of nitro groups is 2. The van der Waals surface area contributed by atoms with Gasteiger partial charge in [0.2, 0.25) is 0 Å². The van der Waals surface area contributed by atoms with E-state index in [1.165, 1.54) is 24.3 Å². The summed E-state index contributed by atoms with van der Waals surface area (Å²) in [4.78, 5) is 20.4. The Balaban J connectivity index is 2.70. The first kappa shape index (κ1) is 13.3. The van der Waals surface area contributed by atoms with Crippen LogP contribution in [0, 0.1) is 20.2 Å². The molecule has 8 heteroatoms. The van der Waals surface area contributed by atoms with E-state index in [-0.39, 0.29) is 11.3 Å². The van der Waals surface area contributed by atoms with Crippen molar-refractivity contribution < 1.29 is 9.85 Å². The fourth-order valence-corrected chi connectivity index (χ4v) is 1.82. The molecule has 0 aromatic heterocycles. The van der Waals surface area contributed by atoms with Crippen molar-refractivity contribution in [3.05, 3.63) is 56.6 Å². The van der Waals surface area contributed by atoms with Crippen LogP contribution in [0.3, 0.4) is 0 Å². The van der Waals surface area contributed by atoms with Crippen molar-refractivity contribution >= 4 is 22.7 Å². The second-order valence-corrected chi connectivity index (χ2v) is 4.06. The van der Waals surface area contributed by atoms with Crippen LogP contribution in [0.25, 0.3) is 11.1 Å². The second-order valence-electron chi connectivity index (χ2n) is 4.06. The summed E-state index contributed by atoms with van der Waals surface area (Å²) < 4.78 is 0. The van der Waals surface area contributed by atoms with E-state index in [9.17, 15) is 20.2 Å². The fraction of sp³-hybridized carbons (Fsp3) is 0. The number of hydrogen-bond acceptors (Lipinski definition) is 6. The third-order valence-electron chi connectivity index (χ3n) is 2.76. The molecule has 0 atom stereocenters. The molecule has 0 aliphatic carbocycles. The predicted octanol–water partition coefficient (Wildman–Crippen LogP) is 2.33. The summed E-state index contributed by atoms with van der Waals surface area (Å²) in [5, 5.41) is 21.8. The summed E-state index contributed by atoms with van der Waals surface area (Å²) >= 11 is 0. The third kappa shape index (κ3) is 2.34. The molecule has 2 aromatic carbocycles. The zero-order chi connectivity index (χ0) is 14.9. The van der Waals surface area contributed by atoms with Crippen molar-refractivity contribution in [1.29, 1.82) is 0 Å². The Kier molecular flexibility index (Phi) is 3.21. The van der Waals surface area contributed by atoms with Gasteiger partial charge < -0.3 is 11.5 Å². The molecule has 0 saturated carbocycles. The van der Waals surface area contributed by atoms with Crippen LogP contribution in [0.5, 0.6) is 0 Å². The van der Waals surface area contributed by atoms with Gasteiger partial charge in [0.05, 0.1) is 21.5 Å². The molecule has 0 bridgehead atoms. The van der Waals surface area contributed by atoms with Gasteiger partial charge in [-0.15, -0.1) is 0 Å². The Labute approximate surface area is 112 Å². The van der Waals surface area contributed by atoms with Crippen LogP contribution in [0.15, 0.2) is 36.4 Å². The number of hydrogen-bond donors (Lipinski definition) is 2. The lowest BCUT2D eigenvalue weighted by Crippen LogP contribution is -1.98. The molecule has 0 radical (unpaired) electrons. The molecular weight excluding hydrogens is 264 g/mol. The molecule has 0 aliphatic rings. The molecule has 102 valence electrons. The van der Waals surface area contributed by atoms with E-state index in [0.29, 0.717) is 16.9 Å². The number of nitro benzene ring substituents is 2. The van der Waals surface area contributed by atoms with E-state index < -0.39 is 15.5 Å². The molecule has 0 spiro atoms. The van der Waals surface area contributed by atoms with Gasteiger partial charge >= 0.3 is 0 Å². The molecular formula is C12H10N4O4. The van der Waals surface area contributed by atoms with Crippen LogP contribution in [-0.2, 0) is 0 Å². The predicted molar refractivity (Wildman–Crippen MR) is 74.0 cm³/mol. The number of rotatable bonds is 3. The van der Waals surface area contributed by atoms with Gasteiger partial charge in [0.25, 0.3) is 11.4 Å². The molecule has 2 aromatic rings. The number of non-ortho nitro benzene ring substituents is 1. The van der Waals surface area contributed by atoms with E-state index in [1.54, 1.807) is 6.07 Å². The minimum absolute atomic E-state index is 0.186. The van der Waals surface area contributed by atoms with Crippen molar-refractivity contribution in [2.45, 2.75) is 0 Å². The van der Waals surface area contributed by atoms with Crippen molar-refractivity contribution in [1.82, 2.24) is 0 Å². The van der Waals surface area contributed by atoms with Crippen LogP contribution in [-0.4, -0.2) is 9.85 Å². The molecule has 0 heterocycles. The van der Waals surface area contributed by atoms with Gasteiger partial charge in [0.15, 0.2) is 0 Å². The standard InChI is InChI=1S/C12H10N4O4/c13-7-1-4-11(14)10(5-7)9-3-2-8(15(17)18)6-12(9)16(19)20/h1-6H,13-14H2. The Bertz CT molecular complexity index is 715. The smallest absolute Gasteiger partial charge is 0.284 e. The summed E-state index contributed by atoms with van der Waals surface area (Å²) in [7, 11) is 0. The number of nitrogens with zero attached hydrogens (tertiary/aromatic N) is 2. The molecule has 0 amide bonds. The van der Waals surface area contributed by atoms with E-state index in [2.05, 4.69) is 0 Å². The van der Waals surface area contributed by atoms with E-state index in [4.69, 9.17) is 11.5 Å². The van der Waals surface area contributed by atoms with Crippen LogP contribution in [0.1, 0.15) is 0 Å². The number of benzene rings is 2. The largest absolute Gasteiger partial charge is 0.399 e. The quantitative estimate of drug-likeness (QED) is 0.500. The monoisotopic (exact) mass is 274 g/mol. The van der Waals surface area contributed by atoms with Crippen LogP contribution in [0.4, 0.5) is 22.7 Å². The van der Waals surface area contributed by atoms with Crippen LogP contribution >= 0.6 is 0 Å². The zero-order valence-corrected chi connectivity index (χ0v) is 10.1. The van der Waals surface area contributed by atoms with Gasteiger partial charge in [-0.05, 0) is 24.3 Å². The molecule has 0 fully saturated rings. The maximum absolute atomic E-state index is 11.1. The minimum Gasteiger partial charge on any atom is -0.399 e. The van der Waals surface area contributed by atoms with Gasteiger partial charge in [-0.2, -0.15) is 0 Å². The van der Waals surface area contributed by atoms with Crippen molar-refractivity contribution in [2.24, 2.45) is 0 Å². The molecule has 2 rings (SSSR count). The van der Waals surface area contributed by atoms with Gasteiger partial charge in [0.1, 0.15) is 0 Å². The van der Waals surface area contributed by atoms with Crippen molar-refractivity contribution in [3.63, 3.8) is 0 Å². The van der Waals surface area contributed by atoms with E-state index >= 15 is 0 Å². The Morgan fingerprint density at radius 2 is 1.55 bits per heavy atom. The summed E-state index contributed by atoms with van der Waals surface area (Å²) in [5.41, 5.74) is 11.9. The van der Waals surface area contributed by atoms with Crippen LogP contribution in [0.2, 0.25) is 0 Å². The molecule has 20 heavy (non-hydrogen) atoms. The highest BCUT2D eigenvalue weighted by atomic mass is 16.6. The summed E-state index contributed by atoms with van der Waals surface area (Å²) in [6.45, 7) is 0. The van der Waals surface area contributed by atoms with Crippen molar-refractivity contribution in [3.8, 4) is 11.1 Å². The zero-order valence-electron chi connectivity index (χ0n) is 10.1. The second kappa shape index (κ2) is 4.84. The average molecular weight is 274 g/mol. The molecule has 0 aliphatic heterocycles. The topological polar surface area (TPSA) is 138 Å². The van der Waals surface area contributed by atoms with Gasteiger partial charge in [-0.1, -0.05) is 0 Å². The minimum atomic E-state index is -0.695. The highest BCUT2D eigenvalue weighted by Crippen LogP contribution is 2.36. The first-order chi connectivity index (χ1) is 9.40. The van der Waals surface area contributed by atoms with Gasteiger partial charge in [-0.3, -0.25) is 20.2 Å². The first-order valence-electron chi connectivity index (χ1n) is 5.48. The van der Waals surface area contributed by atoms with E-state index in [0.717, 1.165) is 6.07 Å². The maximum atomic E-state index is 11.1. The molecule has 8 nitrogen and oxygen atoms in total. The Hall–Kier alpha value is -3.16. The summed E-state index contributed by atoms with van der Waals surface area (Å²) in [6, 6.07) is 7.96. The van der Waals surface area contributed by atoms with E-state index in [1.807, 2.05) is 0 Å². The maximum Gasteiger partial charge on any atom is 0.284 e. The van der Waals surface area contributed by atoms with Gasteiger partial charge in [-0.25, -0.2) is 0 Å². The highest BCUT2D eigenvalue weighted by molar-refractivity contribution is 5.85. The number of nitrogen functional groups attached to an aromatic ring is 2. The highest BCUT2D eigenvalue weighted by Gasteiger charge is 2.21. The fourth-order valence-electron chi connectivity index (χ4n) is 1.82. The summed E-state index contributed by atoms with van der Waals surface area (Å²) in [5.74, 6) is 0. The molecule has 0 unspecified atom stereocenters. The van der Waals surface area contributed by atoms with Crippen molar-refractivity contribution in [2.75, 3.05) is 11.5 Å². The lowest BCUT2D eigenvalue weighted by molar-refractivity contribution is -0.393. The number of anilines is 2. The van der Waals surface area contributed by atoms with Crippen LogP contribution < -0.4 is 11.5 Å². The average Bonchev–Trinajstić information content (AvgIpc) is 2.40.